The van der Waals surface area contributed by atoms with Crippen LogP contribution in [0, 0.1) is 0 Å². The van der Waals surface area contributed by atoms with Crippen LogP contribution >= 0.6 is 0 Å². The molecule has 0 bridgehead atoms. The first-order chi connectivity index (χ1) is 8.33. The SMILES string of the molecule is NC1CC(Nc2ccccc2-n2ccnc2)C1. The summed E-state index contributed by atoms with van der Waals surface area (Å²) in [6.45, 7) is 0. The van der Waals surface area contributed by atoms with E-state index in [4.69, 9.17) is 5.73 Å². The molecule has 0 amide bonds. The Morgan fingerprint density at radius 1 is 1.29 bits per heavy atom. The summed E-state index contributed by atoms with van der Waals surface area (Å²) >= 11 is 0. The fourth-order valence-corrected chi connectivity index (χ4v) is 2.22. The molecule has 0 aliphatic heterocycles. The van der Waals surface area contributed by atoms with Gasteiger partial charge >= 0.3 is 0 Å². The molecule has 0 radical (unpaired) electrons. The van der Waals surface area contributed by atoms with Gasteiger partial charge in [0, 0.05) is 24.5 Å². The molecule has 0 spiro atoms. The van der Waals surface area contributed by atoms with Crippen molar-refractivity contribution < 1.29 is 0 Å². The number of anilines is 1. The maximum Gasteiger partial charge on any atom is 0.0992 e. The summed E-state index contributed by atoms with van der Waals surface area (Å²) in [6, 6.07) is 9.14. The second kappa shape index (κ2) is 4.22. The molecule has 1 fully saturated rings. The van der Waals surface area contributed by atoms with Crippen LogP contribution < -0.4 is 11.1 Å². The smallest absolute Gasteiger partial charge is 0.0992 e. The van der Waals surface area contributed by atoms with Crippen LogP contribution in [0.4, 0.5) is 5.69 Å². The van der Waals surface area contributed by atoms with Gasteiger partial charge in [-0.15, -0.1) is 0 Å². The van der Waals surface area contributed by atoms with Gasteiger partial charge in [-0.05, 0) is 25.0 Å². The van der Waals surface area contributed by atoms with Crippen LogP contribution in [0.25, 0.3) is 5.69 Å². The van der Waals surface area contributed by atoms with E-state index >= 15 is 0 Å². The first-order valence-electron chi connectivity index (χ1n) is 5.92. The predicted octanol–water partition coefficient (Wildman–Crippen LogP) is 1.77. The molecule has 1 aromatic heterocycles. The maximum atomic E-state index is 5.80. The molecule has 1 aliphatic carbocycles. The van der Waals surface area contributed by atoms with Gasteiger partial charge < -0.3 is 15.6 Å². The van der Waals surface area contributed by atoms with Gasteiger partial charge in [-0.25, -0.2) is 4.98 Å². The van der Waals surface area contributed by atoms with Gasteiger partial charge in [0.25, 0.3) is 0 Å². The normalized spacial score (nSPS) is 23.1. The first kappa shape index (κ1) is 10.4. The topological polar surface area (TPSA) is 55.9 Å². The Labute approximate surface area is 100 Å². The minimum absolute atomic E-state index is 0.368. The molecule has 4 heteroatoms. The molecule has 2 aromatic rings. The molecule has 3 rings (SSSR count). The van der Waals surface area contributed by atoms with E-state index in [1.807, 2.05) is 29.2 Å². The quantitative estimate of drug-likeness (QED) is 0.841. The van der Waals surface area contributed by atoms with Gasteiger partial charge in [-0.2, -0.15) is 0 Å². The van der Waals surface area contributed by atoms with Gasteiger partial charge in [-0.3, -0.25) is 0 Å². The number of benzene rings is 1. The highest BCUT2D eigenvalue weighted by Crippen LogP contribution is 2.26. The highest BCUT2D eigenvalue weighted by atomic mass is 15.1. The van der Waals surface area contributed by atoms with Crippen molar-refractivity contribution in [2.45, 2.75) is 24.9 Å². The third kappa shape index (κ3) is 2.03. The van der Waals surface area contributed by atoms with Crippen LogP contribution in [-0.2, 0) is 0 Å². The van der Waals surface area contributed by atoms with Gasteiger partial charge in [0.15, 0.2) is 0 Å². The Kier molecular flexibility index (Phi) is 2.57. The number of hydrogen-bond acceptors (Lipinski definition) is 3. The van der Waals surface area contributed by atoms with Crippen molar-refractivity contribution >= 4 is 5.69 Å². The molecule has 0 atom stereocenters. The van der Waals surface area contributed by atoms with E-state index in [1.165, 1.54) is 0 Å². The number of hydrogen-bond donors (Lipinski definition) is 2. The molecule has 1 aliphatic rings. The van der Waals surface area contributed by atoms with Crippen LogP contribution in [0.15, 0.2) is 43.0 Å². The van der Waals surface area contributed by atoms with Crippen LogP contribution in [0.2, 0.25) is 0 Å². The Morgan fingerprint density at radius 3 is 2.82 bits per heavy atom. The Balaban J connectivity index is 1.84. The summed E-state index contributed by atoms with van der Waals surface area (Å²) in [5.41, 5.74) is 8.07. The molecule has 3 N–H and O–H groups in total. The van der Waals surface area contributed by atoms with Crippen LogP contribution in [0.5, 0.6) is 0 Å². The Morgan fingerprint density at radius 2 is 2.12 bits per heavy atom. The van der Waals surface area contributed by atoms with Gasteiger partial charge in [-0.1, -0.05) is 12.1 Å². The number of aromatic nitrogens is 2. The van der Waals surface area contributed by atoms with Crippen molar-refractivity contribution in [2.75, 3.05) is 5.32 Å². The molecule has 17 heavy (non-hydrogen) atoms. The van der Waals surface area contributed by atoms with E-state index in [-0.39, 0.29) is 0 Å². The zero-order chi connectivity index (χ0) is 11.7. The monoisotopic (exact) mass is 228 g/mol. The summed E-state index contributed by atoms with van der Waals surface area (Å²) in [6.07, 6.45) is 7.66. The van der Waals surface area contributed by atoms with Crippen molar-refractivity contribution in [2.24, 2.45) is 5.73 Å². The summed E-state index contributed by atoms with van der Waals surface area (Å²) in [7, 11) is 0. The average Bonchev–Trinajstić information content (AvgIpc) is 2.81. The highest BCUT2D eigenvalue weighted by molar-refractivity contribution is 5.61. The van der Waals surface area contributed by atoms with Crippen molar-refractivity contribution in [1.29, 1.82) is 0 Å². The fourth-order valence-electron chi connectivity index (χ4n) is 2.22. The average molecular weight is 228 g/mol. The second-order valence-electron chi connectivity index (χ2n) is 4.56. The number of imidazole rings is 1. The minimum atomic E-state index is 0.368. The Bertz CT molecular complexity index is 486. The van der Waals surface area contributed by atoms with Crippen molar-refractivity contribution in [1.82, 2.24) is 9.55 Å². The van der Waals surface area contributed by atoms with Crippen LogP contribution in [0.3, 0.4) is 0 Å². The second-order valence-corrected chi connectivity index (χ2v) is 4.56. The zero-order valence-corrected chi connectivity index (χ0v) is 9.58. The third-order valence-electron chi connectivity index (χ3n) is 3.22. The van der Waals surface area contributed by atoms with E-state index in [2.05, 4.69) is 22.4 Å². The summed E-state index contributed by atoms with van der Waals surface area (Å²) in [4.78, 5) is 4.08. The summed E-state index contributed by atoms with van der Waals surface area (Å²) < 4.78 is 2.01. The molecule has 1 aromatic carbocycles. The predicted molar refractivity (Wildman–Crippen MR) is 68.2 cm³/mol. The van der Waals surface area contributed by atoms with Crippen molar-refractivity contribution in [3.8, 4) is 5.69 Å². The highest BCUT2D eigenvalue weighted by Gasteiger charge is 2.26. The minimum Gasteiger partial charge on any atom is -0.380 e. The zero-order valence-electron chi connectivity index (χ0n) is 9.58. The van der Waals surface area contributed by atoms with Crippen LogP contribution in [0.1, 0.15) is 12.8 Å². The van der Waals surface area contributed by atoms with Gasteiger partial charge in [0.2, 0.25) is 0 Å². The fraction of sp³-hybridized carbons (Fsp3) is 0.308. The lowest BCUT2D eigenvalue weighted by atomic mass is 9.87. The molecule has 0 saturated heterocycles. The van der Waals surface area contributed by atoms with Gasteiger partial charge in [0.1, 0.15) is 0 Å². The van der Waals surface area contributed by atoms with Crippen molar-refractivity contribution in [3.63, 3.8) is 0 Å². The largest absolute Gasteiger partial charge is 0.380 e. The van der Waals surface area contributed by atoms with Crippen molar-refractivity contribution in [3.05, 3.63) is 43.0 Å². The molecule has 88 valence electrons. The maximum absolute atomic E-state index is 5.80. The number of nitrogens with zero attached hydrogens (tertiary/aromatic N) is 2. The van der Waals surface area contributed by atoms with E-state index in [9.17, 15) is 0 Å². The number of para-hydroxylation sites is 2. The standard InChI is InChI=1S/C13H16N4/c14-10-7-11(8-10)16-12-3-1-2-4-13(12)17-6-5-15-9-17/h1-6,9-11,16H,7-8,14H2. The third-order valence-corrected chi connectivity index (χ3v) is 3.22. The molecule has 1 saturated carbocycles. The number of nitrogens with two attached hydrogens (primary N) is 1. The van der Waals surface area contributed by atoms with E-state index < -0.39 is 0 Å². The summed E-state index contributed by atoms with van der Waals surface area (Å²) in [5, 5.41) is 3.54. The summed E-state index contributed by atoms with van der Waals surface area (Å²) in [5.74, 6) is 0. The van der Waals surface area contributed by atoms with Crippen LogP contribution in [-0.4, -0.2) is 21.6 Å². The lowest BCUT2D eigenvalue weighted by Crippen LogP contribution is -2.44. The number of rotatable bonds is 3. The molecular weight excluding hydrogens is 212 g/mol. The first-order valence-corrected chi connectivity index (χ1v) is 5.92. The van der Waals surface area contributed by atoms with E-state index in [0.29, 0.717) is 12.1 Å². The Hall–Kier alpha value is -1.81. The van der Waals surface area contributed by atoms with E-state index in [0.717, 1.165) is 24.2 Å². The molecule has 4 nitrogen and oxygen atoms in total. The molecular formula is C13H16N4. The lowest BCUT2D eigenvalue weighted by molar-refractivity contribution is 0.373. The molecule has 1 heterocycles. The number of nitrogens with one attached hydrogen (secondary N) is 1. The lowest BCUT2D eigenvalue weighted by Gasteiger charge is -2.34. The molecule has 0 unspecified atom stereocenters. The van der Waals surface area contributed by atoms with E-state index in [1.54, 1.807) is 6.20 Å². The van der Waals surface area contributed by atoms with Gasteiger partial charge in [0.05, 0.1) is 17.7 Å².